The Morgan fingerprint density at radius 3 is 3.10 bits per heavy atom. The topological polar surface area (TPSA) is 76.7 Å². The van der Waals surface area contributed by atoms with Crippen LogP contribution in [-0.4, -0.2) is 38.2 Å². The number of carbonyl (C=O) groups excluding carboxylic acids is 2. The van der Waals surface area contributed by atoms with Gasteiger partial charge in [0.15, 0.2) is 0 Å². The molecule has 1 aliphatic heterocycles. The molecule has 0 spiro atoms. The first-order chi connectivity index (χ1) is 9.60. The number of benzene rings is 1. The van der Waals surface area contributed by atoms with Gasteiger partial charge in [-0.15, -0.1) is 0 Å². The van der Waals surface area contributed by atoms with Gasteiger partial charge in [0.25, 0.3) is 0 Å². The van der Waals surface area contributed by atoms with E-state index in [0.29, 0.717) is 29.6 Å². The number of nitrogens with one attached hydrogen (secondary N) is 2. The van der Waals surface area contributed by atoms with Crippen molar-refractivity contribution in [2.24, 2.45) is 0 Å². The highest BCUT2D eigenvalue weighted by atomic mass is 35.5. The normalized spacial score (nSPS) is 18.3. The minimum absolute atomic E-state index is 0.0541. The maximum atomic E-state index is 11.9. The molecular weight excluding hydrogens is 284 g/mol. The molecule has 7 heteroatoms. The van der Waals surface area contributed by atoms with Crippen molar-refractivity contribution in [3.8, 4) is 5.75 Å². The molecule has 0 saturated carbocycles. The van der Waals surface area contributed by atoms with Crippen molar-refractivity contribution < 1.29 is 19.1 Å². The lowest BCUT2D eigenvalue weighted by molar-refractivity contribution is -0.141. The number of hydrogen-bond acceptors (Lipinski definition) is 4. The van der Waals surface area contributed by atoms with Crippen LogP contribution in [0.3, 0.4) is 0 Å². The Morgan fingerprint density at radius 1 is 1.60 bits per heavy atom. The van der Waals surface area contributed by atoms with Crippen LogP contribution in [0.25, 0.3) is 0 Å². The highest BCUT2D eigenvalue weighted by Crippen LogP contribution is 2.27. The molecule has 1 aromatic carbocycles. The molecule has 6 nitrogen and oxygen atoms in total. The number of halogens is 1. The average Bonchev–Trinajstić information content (AvgIpc) is 2.41. The maximum Gasteiger partial charge on any atom is 0.249 e. The molecule has 20 heavy (non-hydrogen) atoms. The van der Waals surface area contributed by atoms with E-state index >= 15 is 0 Å². The highest BCUT2D eigenvalue weighted by molar-refractivity contribution is 6.31. The average molecular weight is 299 g/mol. The first-order valence-corrected chi connectivity index (χ1v) is 6.50. The van der Waals surface area contributed by atoms with Crippen LogP contribution in [0.5, 0.6) is 5.75 Å². The van der Waals surface area contributed by atoms with Crippen molar-refractivity contribution >= 4 is 29.1 Å². The third-order valence-electron chi connectivity index (χ3n) is 2.82. The second-order valence-electron chi connectivity index (χ2n) is 4.25. The first kappa shape index (κ1) is 14.6. The molecule has 0 bridgehead atoms. The number of rotatable bonds is 4. The predicted molar refractivity (Wildman–Crippen MR) is 74.0 cm³/mol. The lowest BCUT2D eigenvalue weighted by Crippen LogP contribution is -2.45. The van der Waals surface area contributed by atoms with Gasteiger partial charge < -0.3 is 20.1 Å². The van der Waals surface area contributed by atoms with Gasteiger partial charge in [-0.05, 0) is 18.2 Å². The summed E-state index contributed by atoms with van der Waals surface area (Å²) in [5, 5.41) is 5.78. The molecule has 1 aromatic rings. The summed E-state index contributed by atoms with van der Waals surface area (Å²) in [6, 6.07) is 4.90. The summed E-state index contributed by atoms with van der Waals surface area (Å²) in [5.74, 6) is -0.117. The zero-order valence-corrected chi connectivity index (χ0v) is 11.7. The van der Waals surface area contributed by atoms with Crippen LogP contribution in [0, 0.1) is 0 Å². The zero-order valence-electron chi connectivity index (χ0n) is 10.9. The van der Waals surface area contributed by atoms with Gasteiger partial charge in [0.2, 0.25) is 11.8 Å². The smallest absolute Gasteiger partial charge is 0.249 e. The molecule has 0 aliphatic carbocycles. The monoisotopic (exact) mass is 298 g/mol. The molecule has 1 fully saturated rings. The largest absolute Gasteiger partial charge is 0.495 e. The lowest BCUT2D eigenvalue weighted by Gasteiger charge is -2.22. The number of hydrogen-bond donors (Lipinski definition) is 2. The van der Waals surface area contributed by atoms with Gasteiger partial charge >= 0.3 is 0 Å². The summed E-state index contributed by atoms with van der Waals surface area (Å²) >= 11 is 5.88. The van der Waals surface area contributed by atoms with E-state index in [1.807, 2.05) is 0 Å². The highest BCUT2D eigenvalue weighted by Gasteiger charge is 2.25. The van der Waals surface area contributed by atoms with E-state index in [9.17, 15) is 9.59 Å². The maximum absolute atomic E-state index is 11.9. The number of morpholine rings is 1. The van der Waals surface area contributed by atoms with Crippen LogP contribution in [0.2, 0.25) is 5.02 Å². The minimum Gasteiger partial charge on any atom is -0.495 e. The molecule has 1 aliphatic rings. The van der Waals surface area contributed by atoms with E-state index in [-0.39, 0.29) is 18.2 Å². The Balaban J connectivity index is 2.00. The van der Waals surface area contributed by atoms with Crippen LogP contribution in [0.1, 0.15) is 6.42 Å². The quantitative estimate of drug-likeness (QED) is 0.875. The van der Waals surface area contributed by atoms with E-state index in [0.717, 1.165) is 0 Å². The Kier molecular flexibility index (Phi) is 4.81. The number of ether oxygens (including phenoxy) is 2. The second kappa shape index (κ2) is 6.58. The Morgan fingerprint density at radius 2 is 2.40 bits per heavy atom. The van der Waals surface area contributed by atoms with Gasteiger partial charge in [-0.25, -0.2) is 0 Å². The molecule has 2 amide bonds. The number of anilines is 1. The van der Waals surface area contributed by atoms with Crippen LogP contribution < -0.4 is 15.4 Å². The molecule has 0 radical (unpaired) electrons. The molecular formula is C13H15ClN2O4. The summed E-state index contributed by atoms with van der Waals surface area (Å²) < 4.78 is 10.4. The fourth-order valence-corrected chi connectivity index (χ4v) is 2.04. The third-order valence-corrected chi connectivity index (χ3v) is 3.05. The standard InChI is InChI=1S/C13H15ClN2O4/c1-19-10-3-2-8(14)6-9(10)16-12(17)7-11-13(18)15-4-5-20-11/h2-3,6,11H,4-5,7H2,1H3,(H,15,18)(H,16,17)/t11-/m0/s1. The van der Waals surface area contributed by atoms with Gasteiger partial charge in [-0.3, -0.25) is 9.59 Å². The fourth-order valence-electron chi connectivity index (χ4n) is 1.86. The predicted octanol–water partition coefficient (Wildman–Crippen LogP) is 1.19. The second-order valence-corrected chi connectivity index (χ2v) is 4.68. The summed E-state index contributed by atoms with van der Waals surface area (Å²) in [6.07, 6.45) is -0.810. The lowest BCUT2D eigenvalue weighted by atomic mass is 10.2. The van der Waals surface area contributed by atoms with Gasteiger partial charge in [-0.1, -0.05) is 11.6 Å². The van der Waals surface area contributed by atoms with Crippen LogP contribution >= 0.6 is 11.6 Å². The molecule has 2 N–H and O–H groups in total. The summed E-state index contributed by atoms with van der Waals surface area (Å²) in [7, 11) is 1.50. The summed E-state index contributed by atoms with van der Waals surface area (Å²) in [4.78, 5) is 23.4. The van der Waals surface area contributed by atoms with Crippen molar-refractivity contribution in [1.29, 1.82) is 0 Å². The SMILES string of the molecule is COc1ccc(Cl)cc1NC(=O)C[C@@H]1OCCNC1=O. The van der Waals surface area contributed by atoms with Crippen LogP contribution in [-0.2, 0) is 14.3 Å². The molecule has 2 rings (SSSR count). The van der Waals surface area contributed by atoms with Crippen molar-refractivity contribution in [1.82, 2.24) is 5.32 Å². The van der Waals surface area contributed by atoms with E-state index in [2.05, 4.69) is 10.6 Å². The van der Waals surface area contributed by atoms with Crippen molar-refractivity contribution in [2.75, 3.05) is 25.6 Å². The van der Waals surface area contributed by atoms with Crippen molar-refractivity contribution in [3.05, 3.63) is 23.2 Å². The number of methoxy groups -OCH3 is 1. The minimum atomic E-state index is -0.756. The Labute approximate surface area is 121 Å². The number of carbonyl (C=O) groups is 2. The van der Waals surface area contributed by atoms with Crippen LogP contribution in [0.15, 0.2) is 18.2 Å². The van der Waals surface area contributed by atoms with Gasteiger partial charge in [-0.2, -0.15) is 0 Å². The van der Waals surface area contributed by atoms with Gasteiger partial charge in [0.1, 0.15) is 11.9 Å². The molecule has 108 valence electrons. The van der Waals surface area contributed by atoms with Crippen LogP contribution in [0.4, 0.5) is 5.69 Å². The molecule has 0 unspecified atom stereocenters. The van der Waals surface area contributed by atoms with E-state index in [1.54, 1.807) is 18.2 Å². The Hall–Kier alpha value is -1.79. The van der Waals surface area contributed by atoms with Gasteiger partial charge in [0, 0.05) is 11.6 Å². The molecule has 1 atom stereocenters. The van der Waals surface area contributed by atoms with Crippen molar-refractivity contribution in [3.63, 3.8) is 0 Å². The third kappa shape index (κ3) is 3.61. The molecule has 0 aromatic heterocycles. The van der Waals surface area contributed by atoms with E-state index in [1.165, 1.54) is 7.11 Å². The molecule has 1 saturated heterocycles. The zero-order chi connectivity index (χ0) is 14.5. The Bertz CT molecular complexity index is 521. The van der Waals surface area contributed by atoms with E-state index in [4.69, 9.17) is 21.1 Å². The fraction of sp³-hybridized carbons (Fsp3) is 0.385. The number of amides is 2. The van der Waals surface area contributed by atoms with Gasteiger partial charge in [0.05, 0.1) is 25.8 Å². The summed E-state index contributed by atoms with van der Waals surface area (Å²) in [5.41, 5.74) is 0.459. The molecule has 1 heterocycles. The van der Waals surface area contributed by atoms with E-state index < -0.39 is 6.10 Å². The van der Waals surface area contributed by atoms with Crippen molar-refractivity contribution in [2.45, 2.75) is 12.5 Å². The first-order valence-electron chi connectivity index (χ1n) is 6.13. The summed E-state index contributed by atoms with van der Waals surface area (Å²) in [6.45, 7) is 0.878.